The van der Waals surface area contributed by atoms with Crippen molar-refractivity contribution in [1.29, 1.82) is 5.26 Å². The molecule has 4 aliphatic rings. The fraction of sp³-hybridized carbons (Fsp3) is 0.810. The van der Waals surface area contributed by atoms with Crippen molar-refractivity contribution < 1.29 is 15.0 Å². The molecule has 3 saturated carbocycles. The molecule has 0 heterocycles. The minimum atomic E-state index is -1.31. The maximum atomic E-state index is 11.9. The zero-order valence-corrected chi connectivity index (χ0v) is 15.5. The molecule has 0 spiro atoms. The van der Waals surface area contributed by atoms with E-state index in [-0.39, 0.29) is 29.0 Å². The van der Waals surface area contributed by atoms with E-state index in [1.807, 2.05) is 6.92 Å². The van der Waals surface area contributed by atoms with E-state index in [0.29, 0.717) is 25.7 Å². The summed E-state index contributed by atoms with van der Waals surface area (Å²) in [4.78, 5) is 11.9. The number of nitriles is 1. The highest BCUT2D eigenvalue weighted by molar-refractivity contribution is 5.91. The van der Waals surface area contributed by atoms with Crippen molar-refractivity contribution in [3.05, 3.63) is 11.6 Å². The average Bonchev–Trinajstić information content (AvgIpc) is 2.78. The topological polar surface area (TPSA) is 81.3 Å². The van der Waals surface area contributed by atoms with Gasteiger partial charge in [-0.2, -0.15) is 5.26 Å². The zero-order chi connectivity index (χ0) is 18.3. The Balaban J connectivity index is 1.79. The summed E-state index contributed by atoms with van der Waals surface area (Å²) in [5.41, 5.74) is -1.82. The molecule has 2 N–H and O–H groups in total. The summed E-state index contributed by atoms with van der Waals surface area (Å²) in [5.74, 6) is 0.351. The van der Waals surface area contributed by atoms with Crippen molar-refractivity contribution in [1.82, 2.24) is 0 Å². The molecule has 0 aromatic carbocycles. The Labute approximate surface area is 149 Å². The monoisotopic (exact) mass is 343 g/mol. The van der Waals surface area contributed by atoms with E-state index in [0.717, 1.165) is 24.8 Å². The smallest absolute Gasteiger partial charge is 0.159 e. The maximum Gasteiger partial charge on any atom is 0.159 e. The summed E-state index contributed by atoms with van der Waals surface area (Å²) >= 11 is 0. The van der Waals surface area contributed by atoms with Crippen LogP contribution in [0.4, 0.5) is 0 Å². The lowest BCUT2D eigenvalue weighted by Gasteiger charge is -2.63. The number of nitrogens with zero attached hydrogens (tertiary/aromatic N) is 1. The summed E-state index contributed by atoms with van der Waals surface area (Å²) in [6.07, 6.45) is 6.76. The molecule has 0 amide bonds. The van der Waals surface area contributed by atoms with Crippen molar-refractivity contribution in [2.45, 2.75) is 76.9 Å². The molecule has 4 heteroatoms. The quantitative estimate of drug-likeness (QED) is 0.662. The SMILES string of the molecule is CC1C[C@H]2[C@@H]3CCC4=CC(=O)CC[C@]4(C)[C@]3(O)CC[C@]2(C)C1(O)C#N. The second-order valence-corrected chi connectivity index (χ2v) is 9.58. The van der Waals surface area contributed by atoms with Crippen LogP contribution in [-0.4, -0.2) is 27.2 Å². The largest absolute Gasteiger partial charge is 0.389 e. The molecule has 2 unspecified atom stereocenters. The summed E-state index contributed by atoms with van der Waals surface area (Å²) in [5, 5.41) is 32.8. The Morgan fingerprint density at radius 1 is 1.16 bits per heavy atom. The first-order valence-corrected chi connectivity index (χ1v) is 9.72. The van der Waals surface area contributed by atoms with Gasteiger partial charge < -0.3 is 10.2 Å². The van der Waals surface area contributed by atoms with Gasteiger partial charge >= 0.3 is 0 Å². The van der Waals surface area contributed by atoms with E-state index < -0.39 is 16.6 Å². The molecule has 0 saturated heterocycles. The van der Waals surface area contributed by atoms with Gasteiger partial charge in [0, 0.05) is 17.3 Å². The van der Waals surface area contributed by atoms with Crippen molar-refractivity contribution in [3.63, 3.8) is 0 Å². The molecule has 4 nitrogen and oxygen atoms in total. The van der Waals surface area contributed by atoms with Crippen LogP contribution in [0.3, 0.4) is 0 Å². The van der Waals surface area contributed by atoms with Crippen LogP contribution in [-0.2, 0) is 4.79 Å². The van der Waals surface area contributed by atoms with E-state index in [9.17, 15) is 20.3 Å². The molecule has 0 aliphatic heterocycles. The highest BCUT2D eigenvalue weighted by Gasteiger charge is 2.71. The molecular weight excluding hydrogens is 314 g/mol. The lowest BCUT2D eigenvalue weighted by Crippen LogP contribution is -2.64. The van der Waals surface area contributed by atoms with Crippen LogP contribution in [0.25, 0.3) is 0 Å². The van der Waals surface area contributed by atoms with E-state index in [1.54, 1.807) is 6.08 Å². The van der Waals surface area contributed by atoms with Crippen molar-refractivity contribution >= 4 is 5.78 Å². The number of hydrogen-bond acceptors (Lipinski definition) is 4. The summed E-state index contributed by atoms with van der Waals surface area (Å²) in [7, 11) is 0. The van der Waals surface area contributed by atoms with Gasteiger partial charge in [0.1, 0.15) is 0 Å². The lowest BCUT2D eigenvalue weighted by atomic mass is 9.44. The summed E-state index contributed by atoms with van der Waals surface area (Å²) in [6, 6.07) is 2.23. The Morgan fingerprint density at radius 2 is 1.88 bits per heavy atom. The highest BCUT2D eigenvalue weighted by atomic mass is 16.3. The van der Waals surface area contributed by atoms with E-state index in [2.05, 4.69) is 19.9 Å². The molecule has 136 valence electrons. The van der Waals surface area contributed by atoms with Gasteiger partial charge in [0.15, 0.2) is 11.4 Å². The molecule has 4 rings (SSSR count). The van der Waals surface area contributed by atoms with Gasteiger partial charge in [0.25, 0.3) is 0 Å². The molecule has 7 atom stereocenters. The predicted molar refractivity (Wildman–Crippen MR) is 93.3 cm³/mol. The number of rotatable bonds is 0. The normalized spacial score (nSPS) is 54.8. The number of carbonyl (C=O) groups excluding carboxylic acids is 1. The second kappa shape index (κ2) is 4.96. The van der Waals surface area contributed by atoms with E-state index >= 15 is 0 Å². The molecule has 0 aromatic rings. The molecule has 0 aromatic heterocycles. The minimum absolute atomic E-state index is 0.0764. The molecule has 25 heavy (non-hydrogen) atoms. The van der Waals surface area contributed by atoms with Gasteiger partial charge in [-0.05, 0) is 62.4 Å². The second-order valence-electron chi connectivity index (χ2n) is 9.58. The van der Waals surface area contributed by atoms with Gasteiger partial charge in [-0.3, -0.25) is 4.79 Å². The maximum absolute atomic E-state index is 11.9. The predicted octanol–water partition coefficient (Wildman–Crippen LogP) is 3.13. The average molecular weight is 343 g/mol. The van der Waals surface area contributed by atoms with Crippen molar-refractivity contribution in [2.24, 2.45) is 28.6 Å². The zero-order valence-electron chi connectivity index (χ0n) is 15.5. The number of fused-ring (bicyclic) bond motifs is 5. The van der Waals surface area contributed by atoms with E-state index in [1.165, 1.54) is 0 Å². The molecule has 0 bridgehead atoms. The number of ketones is 1. The Kier molecular flexibility index (Phi) is 3.42. The first kappa shape index (κ1) is 17.2. The number of hydrogen-bond donors (Lipinski definition) is 2. The molecular formula is C21H29NO3. The van der Waals surface area contributed by atoms with Crippen molar-refractivity contribution in [3.8, 4) is 6.07 Å². The number of aliphatic hydroxyl groups is 2. The van der Waals surface area contributed by atoms with Gasteiger partial charge in [-0.25, -0.2) is 0 Å². The standard InChI is InChI=1S/C21H29NO3/c1-13-10-17-16-5-4-14-11-15(23)6-7-18(14,2)20(16,24)9-8-19(17,3)21(13,25)12-22/h11,13,16-17,24-25H,4-10H2,1-3H3/t13?,16-,17-,18-,19-,20-,21?/m0/s1. The van der Waals surface area contributed by atoms with Crippen LogP contribution in [0.1, 0.15) is 65.7 Å². The fourth-order valence-corrected chi connectivity index (χ4v) is 7.09. The summed E-state index contributed by atoms with van der Waals surface area (Å²) in [6.45, 7) is 6.16. The fourth-order valence-electron chi connectivity index (χ4n) is 7.09. The van der Waals surface area contributed by atoms with Gasteiger partial charge in [-0.15, -0.1) is 0 Å². The number of carbonyl (C=O) groups is 1. The minimum Gasteiger partial charge on any atom is -0.389 e. The van der Waals surface area contributed by atoms with Crippen LogP contribution in [0, 0.1) is 39.9 Å². The Hall–Kier alpha value is -1.18. The van der Waals surface area contributed by atoms with Crippen LogP contribution in [0.15, 0.2) is 11.6 Å². The van der Waals surface area contributed by atoms with Crippen LogP contribution < -0.4 is 0 Å². The third kappa shape index (κ3) is 1.82. The van der Waals surface area contributed by atoms with Gasteiger partial charge in [0.05, 0.1) is 11.7 Å². The van der Waals surface area contributed by atoms with Crippen LogP contribution >= 0.6 is 0 Å². The lowest BCUT2D eigenvalue weighted by molar-refractivity contribution is -0.203. The summed E-state index contributed by atoms with van der Waals surface area (Å²) < 4.78 is 0. The molecule has 4 aliphatic carbocycles. The highest BCUT2D eigenvalue weighted by Crippen LogP contribution is 2.69. The first-order valence-electron chi connectivity index (χ1n) is 9.72. The third-order valence-corrected chi connectivity index (χ3v) is 8.90. The Morgan fingerprint density at radius 3 is 2.56 bits per heavy atom. The van der Waals surface area contributed by atoms with Crippen LogP contribution in [0.2, 0.25) is 0 Å². The molecule has 0 radical (unpaired) electrons. The van der Waals surface area contributed by atoms with E-state index in [4.69, 9.17) is 0 Å². The third-order valence-electron chi connectivity index (χ3n) is 8.90. The van der Waals surface area contributed by atoms with Crippen molar-refractivity contribution in [2.75, 3.05) is 0 Å². The molecule has 3 fully saturated rings. The van der Waals surface area contributed by atoms with Gasteiger partial charge in [0.2, 0.25) is 0 Å². The van der Waals surface area contributed by atoms with Crippen LogP contribution in [0.5, 0.6) is 0 Å². The Bertz CT molecular complexity index is 708. The van der Waals surface area contributed by atoms with Gasteiger partial charge in [-0.1, -0.05) is 26.3 Å². The first-order chi connectivity index (χ1) is 11.6.